The number of halogens is 1. The van der Waals surface area contributed by atoms with Crippen molar-refractivity contribution in [1.29, 1.82) is 0 Å². The number of fused-ring (bicyclic) bond motifs is 1. The number of aryl methyl sites for hydroxylation is 1. The number of benzene rings is 2. The van der Waals surface area contributed by atoms with Crippen LogP contribution in [0.2, 0.25) is 0 Å². The Morgan fingerprint density at radius 3 is 2.68 bits per heavy atom. The standard InChI is InChI=1S/C23H24FN3O4/c1-3-13-5-6-14-11-16(8-10-17(14)20(13)28)26-22(29)18-9-7-15(12-19(18)24)21(25)27-23(30)31-4-2/h7-13H,3-6H2,1-2H3,(H,26,29)(H2,25,27,30). The number of anilines is 1. The summed E-state index contributed by atoms with van der Waals surface area (Å²) in [4.78, 5) is 39.9. The van der Waals surface area contributed by atoms with Crippen LogP contribution in [0.25, 0.3) is 0 Å². The molecule has 7 nitrogen and oxygen atoms in total. The van der Waals surface area contributed by atoms with E-state index in [2.05, 4.69) is 15.0 Å². The molecule has 0 heterocycles. The van der Waals surface area contributed by atoms with Gasteiger partial charge in [0.15, 0.2) is 5.78 Å². The van der Waals surface area contributed by atoms with E-state index >= 15 is 0 Å². The minimum atomic E-state index is -0.877. The number of aliphatic imine (C=N–C) groups is 1. The predicted octanol–water partition coefficient (Wildman–Crippen LogP) is 4.09. The van der Waals surface area contributed by atoms with E-state index in [0.29, 0.717) is 11.3 Å². The zero-order valence-corrected chi connectivity index (χ0v) is 17.4. The summed E-state index contributed by atoms with van der Waals surface area (Å²) in [5.74, 6) is -1.49. The Bertz CT molecular complexity index is 1060. The number of ketones is 1. The minimum Gasteiger partial charge on any atom is -0.448 e. The highest BCUT2D eigenvalue weighted by Crippen LogP contribution is 2.29. The van der Waals surface area contributed by atoms with Gasteiger partial charge in [0, 0.05) is 22.7 Å². The fraction of sp³-hybridized carbons (Fsp3) is 0.304. The molecule has 0 bridgehead atoms. The third kappa shape index (κ3) is 4.96. The van der Waals surface area contributed by atoms with Crippen LogP contribution in [-0.4, -0.2) is 30.2 Å². The minimum absolute atomic E-state index is 0.0420. The van der Waals surface area contributed by atoms with Crippen LogP contribution in [0.5, 0.6) is 0 Å². The Kier molecular flexibility index (Phi) is 6.79. The molecule has 0 aromatic heterocycles. The molecule has 1 aliphatic carbocycles. The molecule has 0 spiro atoms. The number of carbonyl (C=O) groups is 3. The predicted molar refractivity (Wildman–Crippen MR) is 115 cm³/mol. The van der Waals surface area contributed by atoms with Gasteiger partial charge in [0.05, 0.1) is 12.2 Å². The smallest absolute Gasteiger partial charge is 0.435 e. The monoisotopic (exact) mass is 425 g/mol. The Labute approximate surface area is 179 Å². The molecule has 1 unspecified atom stereocenters. The van der Waals surface area contributed by atoms with Crippen LogP contribution >= 0.6 is 0 Å². The normalized spacial score (nSPS) is 15.9. The first-order valence-electron chi connectivity index (χ1n) is 10.1. The average molecular weight is 425 g/mol. The Morgan fingerprint density at radius 1 is 1.23 bits per heavy atom. The molecule has 2 aromatic rings. The molecule has 1 aliphatic rings. The van der Waals surface area contributed by atoms with Crippen LogP contribution in [0, 0.1) is 11.7 Å². The molecule has 0 saturated heterocycles. The van der Waals surface area contributed by atoms with E-state index in [1.165, 1.54) is 12.1 Å². The summed E-state index contributed by atoms with van der Waals surface area (Å²) in [5.41, 5.74) is 7.71. The lowest BCUT2D eigenvalue weighted by molar-refractivity contribution is 0.0898. The number of nitrogens with two attached hydrogens (primary N) is 1. The summed E-state index contributed by atoms with van der Waals surface area (Å²) < 4.78 is 19.2. The first-order chi connectivity index (χ1) is 14.8. The SMILES string of the molecule is CCOC(=O)/N=C(/N)c1ccc(C(=O)Nc2ccc3c(c2)CCC(CC)C3=O)c(F)c1. The van der Waals surface area contributed by atoms with Gasteiger partial charge in [0.2, 0.25) is 0 Å². The quantitative estimate of drug-likeness (QED) is 0.554. The van der Waals surface area contributed by atoms with Crippen molar-refractivity contribution in [1.82, 2.24) is 0 Å². The second-order valence-electron chi connectivity index (χ2n) is 7.22. The maximum absolute atomic E-state index is 14.5. The van der Waals surface area contributed by atoms with Gasteiger partial charge in [0.25, 0.3) is 5.91 Å². The molecule has 8 heteroatoms. The number of amidine groups is 1. The molecule has 2 amide bonds. The molecular formula is C23H24FN3O4. The highest BCUT2D eigenvalue weighted by Gasteiger charge is 2.26. The van der Waals surface area contributed by atoms with Crippen molar-refractivity contribution in [3.63, 3.8) is 0 Å². The number of amides is 2. The molecule has 0 aliphatic heterocycles. The third-order valence-corrected chi connectivity index (χ3v) is 5.24. The highest BCUT2D eigenvalue weighted by atomic mass is 19.1. The molecule has 1 atom stereocenters. The fourth-order valence-corrected chi connectivity index (χ4v) is 3.56. The fourth-order valence-electron chi connectivity index (χ4n) is 3.56. The van der Waals surface area contributed by atoms with Gasteiger partial charge in [-0.25, -0.2) is 9.18 Å². The summed E-state index contributed by atoms with van der Waals surface area (Å²) >= 11 is 0. The summed E-state index contributed by atoms with van der Waals surface area (Å²) in [6.07, 6.45) is 1.47. The lowest BCUT2D eigenvalue weighted by atomic mass is 9.81. The number of rotatable bonds is 5. The van der Waals surface area contributed by atoms with E-state index in [1.54, 1.807) is 25.1 Å². The van der Waals surface area contributed by atoms with Gasteiger partial charge in [0.1, 0.15) is 11.7 Å². The van der Waals surface area contributed by atoms with E-state index in [-0.39, 0.29) is 35.3 Å². The van der Waals surface area contributed by atoms with Crippen LogP contribution in [0.1, 0.15) is 58.5 Å². The lowest BCUT2D eigenvalue weighted by Gasteiger charge is -2.22. The zero-order chi connectivity index (χ0) is 22.5. The molecule has 3 rings (SSSR count). The summed E-state index contributed by atoms with van der Waals surface area (Å²) in [6, 6.07) is 8.80. The maximum atomic E-state index is 14.5. The van der Waals surface area contributed by atoms with Gasteiger partial charge in [-0.2, -0.15) is 4.99 Å². The van der Waals surface area contributed by atoms with Crippen LogP contribution in [0.3, 0.4) is 0 Å². The van der Waals surface area contributed by atoms with Gasteiger partial charge in [-0.3, -0.25) is 9.59 Å². The van der Waals surface area contributed by atoms with Crippen molar-refractivity contribution in [2.75, 3.05) is 11.9 Å². The number of carbonyl (C=O) groups excluding carboxylic acids is 3. The summed E-state index contributed by atoms with van der Waals surface area (Å²) in [5, 5.41) is 2.66. The molecule has 2 aromatic carbocycles. The van der Waals surface area contributed by atoms with Crippen molar-refractivity contribution >= 4 is 29.3 Å². The summed E-state index contributed by atoms with van der Waals surface area (Å²) in [7, 11) is 0. The van der Waals surface area contributed by atoms with Crippen molar-refractivity contribution in [3.8, 4) is 0 Å². The Hall–Kier alpha value is -3.55. The van der Waals surface area contributed by atoms with Crippen LogP contribution in [0.4, 0.5) is 14.9 Å². The number of nitrogens with one attached hydrogen (secondary N) is 1. The van der Waals surface area contributed by atoms with E-state index in [9.17, 15) is 18.8 Å². The van der Waals surface area contributed by atoms with Crippen molar-refractivity contribution in [3.05, 3.63) is 64.5 Å². The van der Waals surface area contributed by atoms with Gasteiger partial charge in [-0.15, -0.1) is 0 Å². The molecule has 31 heavy (non-hydrogen) atoms. The molecule has 3 N–H and O–H groups in total. The van der Waals surface area contributed by atoms with Gasteiger partial charge in [-0.05, 0) is 62.1 Å². The van der Waals surface area contributed by atoms with E-state index in [0.717, 1.165) is 30.9 Å². The van der Waals surface area contributed by atoms with E-state index < -0.39 is 17.8 Å². The number of ether oxygens (including phenoxy) is 1. The summed E-state index contributed by atoms with van der Waals surface area (Å²) in [6.45, 7) is 3.76. The van der Waals surface area contributed by atoms with Gasteiger partial charge >= 0.3 is 6.09 Å². The van der Waals surface area contributed by atoms with Crippen LogP contribution < -0.4 is 11.1 Å². The highest BCUT2D eigenvalue weighted by molar-refractivity contribution is 6.07. The zero-order valence-electron chi connectivity index (χ0n) is 17.4. The topological polar surface area (TPSA) is 111 Å². The molecular weight excluding hydrogens is 401 g/mol. The first-order valence-corrected chi connectivity index (χ1v) is 10.1. The molecule has 0 radical (unpaired) electrons. The van der Waals surface area contributed by atoms with Gasteiger partial charge in [-0.1, -0.05) is 13.0 Å². The number of nitrogens with zero attached hydrogens (tertiary/aromatic N) is 1. The largest absolute Gasteiger partial charge is 0.448 e. The van der Waals surface area contributed by atoms with E-state index in [4.69, 9.17) is 5.73 Å². The maximum Gasteiger partial charge on any atom is 0.435 e. The lowest BCUT2D eigenvalue weighted by Crippen LogP contribution is -2.22. The number of Topliss-reactive ketones (excluding diaryl/α,β-unsaturated/α-hetero) is 1. The van der Waals surface area contributed by atoms with E-state index in [1.807, 2.05) is 6.92 Å². The second kappa shape index (κ2) is 9.51. The Morgan fingerprint density at radius 2 is 2.00 bits per heavy atom. The third-order valence-electron chi connectivity index (χ3n) is 5.24. The molecule has 162 valence electrons. The average Bonchev–Trinajstić information content (AvgIpc) is 2.74. The molecule has 0 saturated carbocycles. The molecule has 0 fully saturated rings. The van der Waals surface area contributed by atoms with Crippen molar-refractivity contribution in [2.45, 2.75) is 33.1 Å². The van der Waals surface area contributed by atoms with Crippen LogP contribution in [-0.2, 0) is 11.2 Å². The van der Waals surface area contributed by atoms with Crippen LogP contribution in [0.15, 0.2) is 41.4 Å². The number of hydrogen-bond acceptors (Lipinski definition) is 4. The second-order valence-corrected chi connectivity index (χ2v) is 7.22. The Balaban J connectivity index is 1.75. The van der Waals surface area contributed by atoms with Gasteiger partial charge < -0.3 is 15.8 Å². The number of hydrogen-bond donors (Lipinski definition) is 2. The first kappa shape index (κ1) is 22.1. The van der Waals surface area contributed by atoms with Crippen molar-refractivity contribution in [2.24, 2.45) is 16.6 Å². The van der Waals surface area contributed by atoms with Crippen molar-refractivity contribution < 1.29 is 23.5 Å².